The third kappa shape index (κ3) is 4.72. The van der Waals surface area contributed by atoms with Crippen LogP contribution in [0.3, 0.4) is 0 Å². The van der Waals surface area contributed by atoms with Crippen LogP contribution >= 0.6 is 0 Å². The van der Waals surface area contributed by atoms with Gasteiger partial charge in [-0.05, 0) is 25.8 Å². The smallest absolute Gasteiger partial charge is 0.317 e. The van der Waals surface area contributed by atoms with Gasteiger partial charge in [0.2, 0.25) is 0 Å². The lowest BCUT2D eigenvalue weighted by molar-refractivity contribution is 0.0762. The number of amides is 2. The van der Waals surface area contributed by atoms with Crippen molar-refractivity contribution < 1.29 is 9.53 Å². The second-order valence-electron chi connectivity index (χ2n) is 3.75. The van der Waals surface area contributed by atoms with Gasteiger partial charge < -0.3 is 15.4 Å². The molecule has 0 fully saturated rings. The number of ether oxygens (including phenoxy) is 1. The van der Waals surface area contributed by atoms with Gasteiger partial charge in [-0.25, -0.2) is 4.79 Å². The fourth-order valence-electron chi connectivity index (χ4n) is 1.45. The molecule has 1 rings (SSSR count). The zero-order chi connectivity index (χ0) is 11.1. The lowest BCUT2D eigenvalue weighted by Crippen LogP contribution is -2.44. The zero-order valence-electron chi connectivity index (χ0n) is 9.51. The van der Waals surface area contributed by atoms with Crippen LogP contribution in [0.1, 0.15) is 39.5 Å². The summed E-state index contributed by atoms with van der Waals surface area (Å²) in [6.45, 7) is 4.73. The number of carbonyl (C=O) groups excluding carboxylic acids is 1. The van der Waals surface area contributed by atoms with Crippen molar-refractivity contribution in [1.29, 1.82) is 0 Å². The maximum absolute atomic E-state index is 11.4. The van der Waals surface area contributed by atoms with Crippen LogP contribution in [-0.2, 0) is 4.74 Å². The highest BCUT2D eigenvalue weighted by Gasteiger charge is 2.15. The van der Waals surface area contributed by atoms with Gasteiger partial charge in [0.25, 0.3) is 0 Å². The summed E-state index contributed by atoms with van der Waals surface area (Å²) >= 11 is 0. The van der Waals surface area contributed by atoms with E-state index in [1.807, 2.05) is 13.0 Å². The average molecular weight is 212 g/mol. The predicted octanol–water partition coefficient (Wildman–Crippen LogP) is 2.13. The second kappa shape index (κ2) is 6.32. The van der Waals surface area contributed by atoms with Crippen molar-refractivity contribution in [3.05, 3.63) is 11.8 Å². The van der Waals surface area contributed by atoms with E-state index >= 15 is 0 Å². The highest BCUT2D eigenvalue weighted by Crippen LogP contribution is 2.13. The summed E-state index contributed by atoms with van der Waals surface area (Å²) in [6, 6.07) is -0.136. The molecule has 0 saturated carbocycles. The number of unbranched alkanes of at least 4 members (excludes halogenated alkanes) is 1. The molecular formula is C11H20N2O2. The van der Waals surface area contributed by atoms with Crippen LogP contribution in [0, 0.1) is 0 Å². The molecule has 0 bridgehead atoms. The molecule has 1 aliphatic rings. The minimum Gasteiger partial charge on any atom is -0.476 e. The quantitative estimate of drug-likeness (QED) is 0.701. The normalized spacial score (nSPS) is 20.1. The Kier molecular flexibility index (Phi) is 5.01. The summed E-state index contributed by atoms with van der Waals surface area (Å²) in [7, 11) is 0. The summed E-state index contributed by atoms with van der Waals surface area (Å²) in [5, 5.41) is 5.59. The number of hydrogen-bond donors (Lipinski definition) is 2. The summed E-state index contributed by atoms with van der Waals surface area (Å²) in [5.74, 6) is 0.889. The molecule has 4 nitrogen and oxygen atoms in total. The maximum atomic E-state index is 11.4. The first-order valence-electron chi connectivity index (χ1n) is 5.60. The number of carbonyl (C=O) groups is 1. The minimum atomic E-state index is -0.170. The molecule has 0 saturated heterocycles. The van der Waals surface area contributed by atoms with Crippen molar-refractivity contribution in [3.8, 4) is 0 Å². The highest BCUT2D eigenvalue weighted by molar-refractivity contribution is 5.73. The Hall–Kier alpha value is -1.19. The molecular weight excluding hydrogens is 192 g/mol. The molecule has 2 N–H and O–H groups in total. The summed E-state index contributed by atoms with van der Waals surface area (Å²) < 4.78 is 5.45. The standard InChI is InChI=1S/C11H20N2O2/c1-3-4-8-12-11(14)13-10-7-5-6-9(2)15-10/h6,10H,3-5,7-8H2,1-2H3,(H2,12,13,14). The van der Waals surface area contributed by atoms with Gasteiger partial charge in [-0.15, -0.1) is 0 Å². The van der Waals surface area contributed by atoms with Crippen LogP contribution in [0.4, 0.5) is 4.79 Å². The van der Waals surface area contributed by atoms with Gasteiger partial charge in [-0.2, -0.15) is 0 Å². The number of rotatable bonds is 4. The lowest BCUT2D eigenvalue weighted by Gasteiger charge is -2.23. The molecule has 0 aromatic heterocycles. The van der Waals surface area contributed by atoms with E-state index in [1.165, 1.54) is 0 Å². The second-order valence-corrected chi connectivity index (χ2v) is 3.75. The largest absolute Gasteiger partial charge is 0.476 e. The molecule has 1 unspecified atom stereocenters. The van der Waals surface area contributed by atoms with E-state index in [2.05, 4.69) is 17.6 Å². The molecule has 0 aliphatic carbocycles. The number of hydrogen-bond acceptors (Lipinski definition) is 2. The zero-order valence-corrected chi connectivity index (χ0v) is 9.51. The van der Waals surface area contributed by atoms with Gasteiger partial charge in [-0.1, -0.05) is 13.3 Å². The summed E-state index contributed by atoms with van der Waals surface area (Å²) in [4.78, 5) is 11.4. The molecule has 86 valence electrons. The topological polar surface area (TPSA) is 50.4 Å². The molecule has 4 heteroatoms. The Morgan fingerprint density at radius 2 is 2.47 bits per heavy atom. The number of urea groups is 1. The number of nitrogens with one attached hydrogen (secondary N) is 2. The van der Waals surface area contributed by atoms with Crippen molar-refractivity contribution in [2.24, 2.45) is 0 Å². The Balaban J connectivity index is 2.17. The Morgan fingerprint density at radius 3 is 3.13 bits per heavy atom. The van der Waals surface area contributed by atoms with Crippen LogP contribution in [0.15, 0.2) is 11.8 Å². The average Bonchev–Trinajstić information content (AvgIpc) is 2.18. The molecule has 0 aromatic rings. The van der Waals surface area contributed by atoms with Crippen LogP contribution in [-0.4, -0.2) is 18.8 Å². The van der Waals surface area contributed by atoms with E-state index in [0.717, 1.165) is 38.0 Å². The van der Waals surface area contributed by atoms with Gasteiger partial charge in [0.05, 0.1) is 5.76 Å². The minimum absolute atomic E-state index is 0.136. The third-order valence-electron chi connectivity index (χ3n) is 2.30. The first kappa shape index (κ1) is 11.9. The van der Waals surface area contributed by atoms with Crippen molar-refractivity contribution >= 4 is 6.03 Å². The van der Waals surface area contributed by atoms with Crippen molar-refractivity contribution in [2.75, 3.05) is 6.54 Å². The molecule has 0 radical (unpaired) electrons. The van der Waals surface area contributed by atoms with Gasteiger partial charge in [0.15, 0.2) is 6.23 Å². The summed E-state index contributed by atoms with van der Waals surface area (Å²) in [5.41, 5.74) is 0. The van der Waals surface area contributed by atoms with Gasteiger partial charge in [0.1, 0.15) is 0 Å². The van der Waals surface area contributed by atoms with Crippen molar-refractivity contribution in [2.45, 2.75) is 45.8 Å². The Bertz CT molecular complexity index is 239. The fraction of sp³-hybridized carbons (Fsp3) is 0.727. The van der Waals surface area contributed by atoms with E-state index in [0.29, 0.717) is 0 Å². The molecule has 1 heterocycles. The SMILES string of the molecule is CCCCNC(=O)NC1CCC=C(C)O1. The third-order valence-corrected chi connectivity index (χ3v) is 2.30. The van der Waals surface area contributed by atoms with E-state index < -0.39 is 0 Å². The van der Waals surface area contributed by atoms with E-state index in [4.69, 9.17) is 4.74 Å². The fourth-order valence-corrected chi connectivity index (χ4v) is 1.45. The predicted molar refractivity (Wildman–Crippen MR) is 59.3 cm³/mol. The highest BCUT2D eigenvalue weighted by atomic mass is 16.5. The number of allylic oxidation sites excluding steroid dienone is 2. The lowest BCUT2D eigenvalue weighted by atomic mass is 10.2. The van der Waals surface area contributed by atoms with Crippen LogP contribution in [0.25, 0.3) is 0 Å². The van der Waals surface area contributed by atoms with Crippen LogP contribution in [0.2, 0.25) is 0 Å². The molecule has 1 aliphatic heterocycles. The van der Waals surface area contributed by atoms with Crippen molar-refractivity contribution in [3.63, 3.8) is 0 Å². The van der Waals surface area contributed by atoms with Crippen LogP contribution < -0.4 is 10.6 Å². The van der Waals surface area contributed by atoms with Crippen molar-refractivity contribution in [1.82, 2.24) is 10.6 Å². The molecule has 2 amide bonds. The first-order valence-corrected chi connectivity index (χ1v) is 5.60. The van der Waals surface area contributed by atoms with Gasteiger partial charge in [-0.3, -0.25) is 0 Å². The monoisotopic (exact) mass is 212 g/mol. The molecule has 0 aromatic carbocycles. The summed E-state index contributed by atoms with van der Waals surface area (Å²) in [6.07, 6.45) is 5.77. The maximum Gasteiger partial charge on any atom is 0.317 e. The molecule has 1 atom stereocenters. The van der Waals surface area contributed by atoms with Gasteiger partial charge >= 0.3 is 6.03 Å². The van der Waals surface area contributed by atoms with Gasteiger partial charge in [0, 0.05) is 13.0 Å². The van der Waals surface area contributed by atoms with Crippen LogP contribution in [0.5, 0.6) is 0 Å². The van der Waals surface area contributed by atoms with E-state index in [1.54, 1.807) is 0 Å². The first-order chi connectivity index (χ1) is 7.22. The van der Waals surface area contributed by atoms with E-state index in [-0.39, 0.29) is 12.3 Å². The Labute approximate surface area is 91.1 Å². The molecule has 0 spiro atoms. The Morgan fingerprint density at radius 1 is 1.67 bits per heavy atom. The van der Waals surface area contributed by atoms with E-state index in [9.17, 15) is 4.79 Å². The molecule has 15 heavy (non-hydrogen) atoms.